The lowest BCUT2D eigenvalue weighted by Crippen LogP contribution is -2.43. The molecule has 2 aromatic carbocycles. The monoisotopic (exact) mass is 482 g/mol. The van der Waals surface area contributed by atoms with E-state index in [-0.39, 0.29) is 11.0 Å². The molecule has 0 amide bonds. The van der Waals surface area contributed by atoms with E-state index in [0.29, 0.717) is 5.78 Å². The van der Waals surface area contributed by atoms with E-state index in [0.717, 1.165) is 76.7 Å². The first kappa shape index (κ1) is 22.4. The minimum absolute atomic E-state index is 0.0524. The maximum atomic E-state index is 14.5. The lowest BCUT2D eigenvalue weighted by atomic mass is 9.62. The largest absolute Gasteiger partial charge is 0.268 e. The summed E-state index contributed by atoms with van der Waals surface area (Å²) in [5.41, 5.74) is 7.37. The van der Waals surface area contributed by atoms with Gasteiger partial charge in [0.25, 0.3) is 5.56 Å². The van der Waals surface area contributed by atoms with Gasteiger partial charge in [-0.25, -0.2) is 4.57 Å². The molecular weight excluding hydrogens is 452 g/mol. The van der Waals surface area contributed by atoms with Crippen LogP contribution in [-0.4, -0.2) is 24.9 Å². The maximum Gasteiger partial charge on any atom is 0.263 e. The fraction of sp³-hybridized carbons (Fsp3) is 0.345. The van der Waals surface area contributed by atoms with Gasteiger partial charge >= 0.3 is 0 Å². The van der Waals surface area contributed by atoms with Crippen molar-refractivity contribution in [3.8, 4) is 16.9 Å². The Labute approximate surface area is 209 Å². The molecule has 6 heteroatoms. The second-order valence-electron chi connectivity index (χ2n) is 10.2. The molecule has 178 valence electrons. The van der Waals surface area contributed by atoms with Crippen LogP contribution in [0.3, 0.4) is 0 Å². The van der Waals surface area contributed by atoms with Crippen LogP contribution in [0, 0.1) is 6.92 Å². The Balaban J connectivity index is 1.75. The van der Waals surface area contributed by atoms with Gasteiger partial charge in [-0.1, -0.05) is 85.1 Å². The van der Waals surface area contributed by atoms with E-state index < -0.39 is 0 Å². The number of aromatic nitrogens is 4. The predicted molar refractivity (Wildman–Crippen MR) is 143 cm³/mol. The van der Waals surface area contributed by atoms with Crippen molar-refractivity contribution in [2.24, 2.45) is 0 Å². The van der Waals surface area contributed by atoms with E-state index in [2.05, 4.69) is 64.5 Å². The van der Waals surface area contributed by atoms with Crippen LogP contribution in [0.15, 0.2) is 70.6 Å². The van der Waals surface area contributed by atoms with Gasteiger partial charge in [-0.3, -0.25) is 9.20 Å². The summed E-state index contributed by atoms with van der Waals surface area (Å²) in [7, 11) is 0. The van der Waals surface area contributed by atoms with Gasteiger partial charge in [0.15, 0.2) is 5.16 Å². The first-order valence-corrected chi connectivity index (χ1v) is 13.4. The molecule has 4 aromatic rings. The Morgan fingerprint density at radius 2 is 1.80 bits per heavy atom. The molecule has 6 rings (SSSR count). The number of hydrogen-bond donors (Lipinski definition) is 0. The molecule has 0 atom stereocenters. The zero-order valence-electron chi connectivity index (χ0n) is 20.4. The molecule has 0 unspecified atom stereocenters. The second kappa shape index (κ2) is 8.52. The number of hydrogen-bond acceptors (Lipinski definition) is 4. The topological polar surface area (TPSA) is 52.2 Å². The van der Waals surface area contributed by atoms with Crippen LogP contribution in [0.4, 0.5) is 0 Å². The summed E-state index contributed by atoms with van der Waals surface area (Å²) in [5, 5.41) is 10.0. The highest BCUT2D eigenvalue weighted by atomic mass is 32.2. The third kappa shape index (κ3) is 3.57. The van der Waals surface area contributed by atoms with Crippen LogP contribution < -0.4 is 5.56 Å². The third-order valence-corrected chi connectivity index (χ3v) is 8.74. The molecule has 0 saturated heterocycles. The second-order valence-corrected chi connectivity index (χ2v) is 11.2. The maximum absolute atomic E-state index is 14.5. The minimum atomic E-state index is -0.153. The molecule has 1 spiro atoms. The van der Waals surface area contributed by atoms with Gasteiger partial charge in [0.05, 0.1) is 11.4 Å². The first-order chi connectivity index (χ1) is 17.0. The van der Waals surface area contributed by atoms with Gasteiger partial charge in [-0.15, -0.1) is 10.2 Å². The molecule has 2 aliphatic rings. The smallest absolute Gasteiger partial charge is 0.263 e. The molecule has 2 heterocycles. The molecule has 1 saturated carbocycles. The lowest BCUT2D eigenvalue weighted by Gasteiger charge is -2.42. The molecule has 0 aliphatic heterocycles. The molecule has 2 aromatic heterocycles. The number of thioether (sulfide) groups is 1. The molecule has 0 radical (unpaired) electrons. The van der Waals surface area contributed by atoms with Crippen molar-refractivity contribution in [1.82, 2.24) is 19.2 Å². The first-order valence-electron chi connectivity index (χ1n) is 12.5. The van der Waals surface area contributed by atoms with Gasteiger partial charge in [0.2, 0.25) is 5.78 Å². The van der Waals surface area contributed by atoms with E-state index in [1.165, 1.54) is 12.0 Å². The molecular formula is C29H30N4OS. The van der Waals surface area contributed by atoms with Crippen molar-refractivity contribution in [2.45, 2.75) is 62.9 Å². The number of aryl methyl sites for hydroxylation is 1. The van der Waals surface area contributed by atoms with Crippen molar-refractivity contribution in [3.63, 3.8) is 0 Å². The molecule has 5 nitrogen and oxygen atoms in total. The van der Waals surface area contributed by atoms with Crippen molar-refractivity contribution in [1.29, 1.82) is 0 Å². The normalized spacial score (nSPS) is 16.3. The molecule has 35 heavy (non-hydrogen) atoms. The van der Waals surface area contributed by atoms with Crippen LogP contribution in [0.5, 0.6) is 0 Å². The Bertz CT molecular complexity index is 1510. The quantitative estimate of drug-likeness (QED) is 0.254. The van der Waals surface area contributed by atoms with E-state index in [4.69, 9.17) is 0 Å². The zero-order valence-corrected chi connectivity index (χ0v) is 21.2. The summed E-state index contributed by atoms with van der Waals surface area (Å²) in [6.07, 6.45) is 6.55. The van der Waals surface area contributed by atoms with Gasteiger partial charge in [-0.2, -0.15) is 0 Å². The molecule has 0 bridgehead atoms. The van der Waals surface area contributed by atoms with Crippen LogP contribution in [0.1, 0.15) is 55.7 Å². The highest BCUT2D eigenvalue weighted by molar-refractivity contribution is 7.99. The number of fused-ring (bicyclic) bond motifs is 6. The third-order valence-electron chi connectivity index (χ3n) is 7.58. The molecule has 1 fully saturated rings. The summed E-state index contributed by atoms with van der Waals surface area (Å²) in [5.74, 6) is 1.33. The highest BCUT2D eigenvalue weighted by Gasteiger charge is 2.44. The summed E-state index contributed by atoms with van der Waals surface area (Å²) in [6, 6.07) is 16.7. The molecule has 2 aliphatic carbocycles. The zero-order chi connectivity index (χ0) is 24.2. The standard InChI is InChI=1S/C29H30N4OS/c1-19(2)18-35-28-31-30-27-32(22-13-11-20(3)12-14-22)26(34)24-25(33(27)28)23-10-6-5-9-21(23)17-29(24)15-7-4-8-16-29/h5-6,9-14H,1,4,7-8,15-18H2,2-3H3. The van der Waals surface area contributed by atoms with Crippen molar-refractivity contribution < 1.29 is 0 Å². The lowest BCUT2D eigenvalue weighted by molar-refractivity contribution is 0.284. The fourth-order valence-electron chi connectivity index (χ4n) is 5.97. The van der Waals surface area contributed by atoms with Crippen molar-refractivity contribution >= 4 is 17.5 Å². The number of rotatable bonds is 4. The Morgan fingerprint density at radius 1 is 1.06 bits per heavy atom. The van der Waals surface area contributed by atoms with Gasteiger partial charge in [0.1, 0.15) is 0 Å². The summed E-state index contributed by atoms with van der Waals surface area (Å²) in [4.78, 5) is 14.5. The van der Waals surface area contributed by atoms with E-state index >= 15 is 0 Å². The average molecular weight is 483 g/mol. The van der Waals surface area contributed by atoms with Crippen LogP contribution in [0.25, 0.3) is 22.7 Å². The average Bonchev–Trinajstić information content (AvgIpc) is 3.27. The predicted octanol–water partition coefficient (Wildman–Crippen LogP) is 6.28. The fourth-order valence-corrected chi connectivity index (χ4v) is 6.75. The van der Waals surface area contributed by atoms with Crippen LogP contribution in [-0.2, 0) is 11.8 Å². The van der Waals surface area contributed by atoms with Crippen molar-refractivity contribution in [3.05, 3.63) is 87.7 Å². The van der Waals surface area contributed by atoms with E-state index in [9.17, 15) is 4.79 Å². The van der Waals surface area contributed by atoms with Crippen molar-refractivity contribution in [2.75, 3.05) is 5.75 Å². The minimum Gasteiger partial charge on any atom is -0.268 e. The highest BCUT2D eigenvalue weighted by Crippen LogP contribution is 2.49. The Morgan fingerprint density at radius 3 is 2.54 bits per heavy atom. The Kier molecular flexibility index (Phi) is 5.44. The number of benzene rings is 2. The molecule has 0 N–H and O–H groups in total. The van der Waals surface area contributed by atoms with Crippen LogP contribution >= 0.6 is 11.8 Å². The Hall–Kier alpha value is -3.12. The number of nitrogens with zero attached hydrogens (tertiary/aromatic N) is 4. The van der Waals surface area contributed by atoms with E-state index in [1.54, 1.807) is 16.3 Å². The van der Waals surface area contributed by atoms with Gasteiger partial charge in [0, 0.05) is 22.3 Å². The van der Waals surface area contributed by atoms with Gasteiger partial charge in [-0.05, 0) is 50.8 Å². The summed E-state index contributed by atoms with van der Waals surface area (Å²) < 4.78 is 3.94. The summed E-state index contributed by atoms with van der Waals surface area (Å²) >= 11 is 1.63. The SMILES string of the molecule is C=C(C)CSc1nnc2n(-c3ccc(C)cc3)c(=O)c3c(n12)-c1ccccc1CC31CCCCC1. The van der Waals surface area contributed by atoms with Crippen LogP contribution in [0.2, 0.25) is 0 Å². The summed E-state index contributed by atoms with van der Waals surface area (Å²) in [6.45, 7) is 8.17. The van der Waals surface area contributed by atoms with E-state index in [1.807, 2.05) is 19.1 Å². The van der Waals surface area contributed by atoms with Gasteiger partial charge < -0.3 is 0 Å².